The van der Waals surface area contributed by atoms with E-state index in [0.29, 0.717) is 16.9 Å². The normalized spacial score (nSPS) is 11.6. The van der Waals surface area contributed by atoms with Gasteiger partial charge in [-0.15, -0.1) is 13.2 Å². The summed E-state index contributed by atoms with van der Waals surface area (Å²) in [4.78, 5) is 0. The van der Waals surface area contributed by atoms with Gasteiger partial charge in [0.1, 0.15) is 5.75 Å². The summed E-state index contributed by atoms with van der Waals surface area (Å²) in [6.07, 6.45) is -3.27. The Bertz CT molecular complexity index is 543. The summed E-state index contributed by atoms with van der Waals surface area (Å²) >= 11 is 0. The minimum atomic E-state index is -4.71. The highest BCUT2D eigenvalue weighted by Crippen LogP contribution is 2.30. The van der Waals surface area contributed by atoms with E-state index in [1.165, 1.54) is 29.1 Å². The number of alkyl halides is 3. The Morgan fingerprint density at radius 2 is 2.06 bits per heavy atom. The maximum absolute atomic E-state index is 12.1. The van der Waals surface area contributed by atoms with Crippen molar-refractivity contribution in [3.05, 3.63) is 30.5 Å². The third-order valence-corrected chi connectivity index (χ3v) is 2.31. The molecule has 0 fully saturated rings. The van der Waals surface area contributed by atoms with Crippen molar-refractivity contribution >= 4 is 5.69 Å². The van der Waals surface area contributed by atoms with E-state index >= 15 is 0 Å². The van der Waals surface area contributed by atoms with Gasteiger partial charge in [0.05, 0.1) is 17.6 Å². The van der Waals surface area contributed by atoms with Gasteiger partial charge in [0, 0.05) is 12.6 Å². The van der Waals surface area contributed by atoms with Crippen molar-refractivity contribution in [2.45, 2.75) is 6.36 Å². The summed E-state index contributed by atoms with van der Waals surface area (Å²) in [5.74, 6) is -0.291. The quantitative estimate of drug-likeness (QED) is 0.899. The van der Waals surface area contributed by atoms with Gasteiger partial charge < -0.3 is 10.5 Å². The van der Waals surface area contributed by atoms with Crippen LogP contribution in [0.15, 0.2) is 30.5 Å². The average molecular weight is 257 g/mol. The molecule has 0 amide bonds. The van der Waals surface area contributed by atoms with Crippen molar-refractivity contribution < 1.29 is 17.9 Å². The summed E-state index contributed by atoms with van der Waals surface area (Å²) in [5, 5.41) is 3.93. The first kappa shape index (κ1) is 12.3. The Labute approximate surface area is 101 Å². The molecule has 0 unspecified atom stereocenters. The third kappa shape index (κ3) is 2.55. The molecule has 0 spiro atoms. The molecule has 1 aromatic heterocycles. The highest BCUT2D eigenvalue weighted by Gasteiger charge is 2.31. The summed E-state index contributed by atoms with van der Waals surface area (Å²) in [6, 6.07) is 5.59. The van der Waals surface area contributed by atoms with E-state index in [-0.39, 0.29) is 5.75 Å². The molecule has 2 aromatic rings. The summed E-state index contributed by atoms with van der Waals surface area (Å²) in [7, 11) is 1.66. The van der Waals surface area contributed by atoms with Crippen LogP contribution >= 0.6 is 0 Å². The molecule has 7 heteroatoms. The lowest BCUT2D eigenvalue weighted by atomic mass is 10.1. The van der Waals surface area contributed by atoms with E-state index in [4.69, 9.17) is 5.73 Å². The van der Waals surface area contributed by atoms with Gasteiger partial charge in [-0.05, 0) is 12.1 Å². The minimum absolute atomic E-state index is 0.291. The highest BCUT2D eigenvalue weighted by atomic mass is 19.4. The molecule has 0 saturated carbocycles. The van der Waals surface area contributed by atoms with Crippen LogP contribution in [0.5, 0.6) is 5.75 Å². The van der Waals surface area contributed by atoms with Gasteiger partial charge in [0.2, 0.25) is 0 Å². The highest BCUT2D eigenvalue weighted by molar-refractivity contribution is 5.73. The van der Waals surface area contributed by atoms with Gasteiger partial charge >= 0.3 is 6.36 Å². The SMILES string of the molecule is Cn1ncc(N)c1-c1cccc(OC(F)(F)F)c1. The Hall–Kier alpha value is -2.18. The maximum Gasteiger partial charge on any atom is 0.573 e. The number of aryl methyl sites for hydroxylation is 1. The van der Waals surface area contributed by atoms with Crippen LogP contribution in [0.1, 0.15) is 0 Å². The molecule has 18 heavy (non-hydrogen) atoms. The van der Waals surface area contributed by atoms with Crippen LogP contribution in [-0.2, 0) is 7.05 Å². The fraction of sp³-hybridized carbons (Fsp3) is 0.182. The molecule has 0 aliphatic carbocycles. The van der Waals surface area contributed by atoms with Crippen molar-refractivity contribution in [1.29, 1.82) is 0 Å². The van der Waals surface area contributed by atoms with Crippen LogP contribution in [0.25, 0.3) is 11.3 Å². The number of ether oxygens (including phenoxy) is 1. The molecule has 96 valence electrons. The molecule has 0 aliphatic heterocycles. The molecule has 0 radical (unpaired) electrons. The lowest BCUT2D eigenvalue weighted by Gasteiger charge is -2.10. The molecule has 0 bridgehead atoms. The molecule has 1 heterocycles. The lowest BCUT2D eigenvalue weighted by molar-refractivity contribution is -0.274. The number of halogens is 3. The third-order valence-electron chi connectivity index (χ3n) is 2.31. The number of rotatable bonds is 2. The van der Waals surface area contributed by atoms with Crippen molar-refractivity contribution in [3.8, 4) is 17.0 Å². The predicted molar refractivity (Wildman–Crippen MR) is 59.7 cm³/mol. The zero-order chi connectivity index (χ0) is 13.3. The van der Waals surface area contributed by atoms with E-state index in [0.717, 1.165) is 0 Å². The second-order valence-electron chi connectivity index (χ2n) is 3.65. The first-order valence-corrected chi connectivity index (χ1v) is 5.00. The number of nitrogens with zero attached hydrogens (tertiary/aromatic N) is 2. The van der Waals surface area contributed by atoms with Gasteiger partial charge in [0.15, 0.2) is 0 Å². The molecule has 0 saturated heterocycles. The van der Waals surface area contributed by atoms with Crippen LogP contribution in [0.2, 0.25) is 0 Å². The van der Waals surface area contributed by atoms with E-state index in [1.807, 2.05) is 0 Å². The predicted octanol–water partition coefficient (Wildman–Crippen LogP) is 2.57. The number of aromatic nitrogens is 2. The van der Waals surface area contributed by atoms with Crippen molar-refractivity contribution in [1.82, 2.24) is 9.78 Å². The average Bonchev–Trinajstić information content (AvgIpc) is 2.56. The Morgan fingerprint density at radius 1 is 1.33 bits per heavy atom. The van der Waals surface area contributed by atoms with Crippen LogP contribution in [-0.4, -0.2) is 16.1 Å². The summed E-state index contributed by atoms with van der Waals surface area (Å²) < 4.78 is 41.7. The van der Waals surface area contributed by atoms with Gasteiger partial charge in [-0.1, -0.05) is 12.1 Å². The van der Waals surface area contributed by atoms with Gasteiger partial charge in [-0.2, -0.15) is 5.10 Å². The van der Waals surface area contributed by atoms with Crippen molar-refractivity contribution in [3.63, 3.8) is 0 Å². The zero-order valence-electron chi connectivity index (χ0n) is 9.40. The van der Waals surface area contributed by atoms with Crippen LogP contribution in [0.3, 0.4) is 0 Å². The fourth-order valence-corrected chi connectivity index (χ4v) is 1.65. The summed E-state index contributed by atoms with van der Waals surface area (Å²) in [5.41, 5.74) is 7.15. The standard InChI is InChI=1S/C11H10F3N3O/c1-17-10(9(15)6-16-17)7-3-2-4-8(5-7)18-11(12,13)14/h2-6H,15H2,1H3. The number of hydrogen-bond acceptors (Lipinski definition) is 3. The smallest absolute Gasteiger partial charge is 0.406 e. The maximum atomic E-state index is 12.1. The molecule has 0 atom stereocenters. The number of anilines is 1. The molecule has 4 nitrogen and oxygen atoms in total. The van der Waals surface area contributed by atoms with Gasteiger partial charge in [-0.3, -0.25) is 4.68 Å². The van der Waals surface area contributed by atoms with Gasteiger partial charge in [0.25, 0.3) is 0 Å². The van der Waals surface area contributed by atoms with Crippen LogP contribution in [0, 0.1) is 0 Å². The topological polar surface area (TPSA) is 53.1 Å². The molecular weight excluding hydrogens is 247 g/mol. The van der Waals surface area contributed by atoms with E-state index in [1.54, 1.807) is 13.1 Å². The van der Waals surface area contributed by atoms with E-state index < -0.39 is 6.36 Å². The van der Waals surface area contributed by atoms with Crippen molar-refractivity contribution in [2.24, 2.45) is 7.05 Å². The van der Waals surface area contributed by atoms with Crippen molar-refractivity contribution in [2.75, 3.05) is 5.73 Å². The Balaban J connectivity index is 2.39. The minimum Gasteiger partial charge on any atom is -0.406 e. The van der Waals surface area contributed by atoms with Crippen LogP contribution in [0.4, 0.5) is 18.9 Å². The zero-order valence-corrected chi connectivity index (χ0v) is 9.40. The second kappa shape index (κ2) is 4.25. The number of nitrogens with two attached hydrogens (primary N) is 1. The first-order chi connectivity index (χ1) is 8.37. The largest absolute Gasteiger partial charge is 0.573 e. The fourth-order valence-electron chi connectivity index (χ4n) is 1.65. The molecule has 2 N–H and O–H groups in total. The molecular formula is C11H10F3N3O. The molecule has 0 aliphatic rings. The Kier molecular flexibility index (Phi) is 2.90. The van der Waals surface area contributed by atoms with Crippen LogP contribution < -0.4 is 10.5 Å². The van der Waals surface area contributed by atoms with E-state index in [9.17, 15) is 13.2 Å². The lowest BCUT2D eigenvalue weighted by Crippen LogP contribution is -2.17. The summed E-state index contributed by atoms with van der Waals surface area (Å²) in [6.45, 7) is 0. The van der Waals surface area contributed by atoms with Gasteiger partial charge in [-0.25, -0.2) is 0 Å². The number of benzene rings is 1. The number of nitrogen functional groups attached to an aromatic ring is 1. The first-order valence-electron chi connectivity index (χ1n) is 5.00. The molecule has 1 aromatic carbocycles. The second-order valence-corrected chi connectivity index (χ2v) is 3.65. The number of hydrogen-bond donors (Lipinski definition) is 1. The van der Waals surface area contributed by atoms with E-state index in [2.05, 4.69) is 9.84 Å². The molecule has 2 rings (SSSR count). The Morgan fingerprint density at radius 3 is 2.61 bits per heavy atom. The monoisotopic (exact) mass is 257 g/mol.